The largest absolute Gasteiger partial charge is 0.320 e. The summed E-state index contributed by atoms with van der Waals surface area (Å²) in [4.78, 5) is 2.61. The van der Waals surface area contributed by atoms with Gasteiger partial charge in [-0.1, -0.05) is 32.1 Å². The van der Waals surface area contributed by atoms with Crippen molar-refractivity contribution in [3.05, 3.63) is 0 Å². The van der Waals surface area contributed by atoms with Gasteiger partial charge in [-0.25, -0.2) is 0 Å². The summed E-state index contributed by atoms with van der Waals surface area (Å²) in [5.74, 6) is 0. The van der Waals surface area contributed by atoms with E-state index in [9.17, 15) is 0 Å². The summed E-state index contributed by atoms with van der Waals surface area (Å²) in [5, 5.41) is 3.21. The molecule has 1 aliphatic rings. The van der Waals surface area contributed by atoms with Crippen molar-refractivity contribution in [2.45, 2.75) is 63.8 Å². The van der Waals surface area contributed by atoms with Crippen molar-refractivity contribution >= 4 is 0 Å². The van der Waals surface area contributed by atoms with Crippen LogP contribution in [0.2, 0.25) is 0 Å². The molecule has 0 unspecified atom stereocenters. The Hall–Kier alpha value is -0.0800. The van der Waals surface area contributed by atoms with E-state index in [1.54, 1.807) is 0 Å². The van der Waals surface area contributed by atoms with Crippen LogP contribution in [0.5, 0.6) is 0 Å². The van der Waals surface area contributed by atoms with E-state index in [4.69, 9.17) is 0 Å². The van der Waals surface area contributed by atoms with Gasteiger partial charge in [-0.15, -0.1) is 0 Å². The van der Waals surface area contributed by atoms with E-state index in [1.165, 1.54) is 70.9 Å². The topological polar surface area (TPSA) is 15.3 Å². The molecular formula is C14H30N2. The standard InChI is InChI=1S/C14H30N2/c1-15-12-8-3-4-9-13-16(2)14-10-6-5-7-11-14/h14-15H,3-13H2,1-2H3. The smallest absolute Gasteiger partial charge is 0.00922 e. The van der Waals surface area contributed by atoms with Crippen molar-refractivity contribution < 1.29 is 0 Å². The summed E-state index contributed by atoms with van der Waals surface area (Å²) in [6.07, 6.45) is 12.8. The molecule has 1 rings (SSSR count). The fraction of sp³-hybridized carbons (Fsp3) is 1.00. The van der Waals surface area contributed by atoms with E-state index >= 15 is 0 Å². The minimum atomic E-state index is 0.894. The van der Waals surface area contributed by atoms with Gasteiger partial charge in [0.15, 0.2) is 0 Å². The van der Waals surface area contributed by atoms with E-state index in [0.29, 0.717) is 0 Å². The molecule has 0 atom stereocenters. The number of unbranched alkanes of at least 4 members (excludes halogenated alkanes) is 3. The van der Waals surface area contributed by atoms with Gasteiger partial charge in [0.2, 0.25) is 0 Å². The third-order valence-electron chi connectivity index (χ3n) is 3.89. The van der Waals surface area contributed by atoms with E-state index in [2.05, 4.69) is 17.3 Å². The molecular weight excluding hydrogens is 196 g/mol. The summed E-state index contributed by atoms with van der Waals surface area (Å²) in [7, 11) is 4.36. The average molecular weight is 226 g/mol. The normalized spacial score (nSPS) is 18.2. The lowest BCUT2D eigenvalue weighted by Gasteiger charge is -2.31. The molecule has 0 aliphatic heterocycles. The van der Waals surface area contributed by atoms with Gasteiger partial charge >= 0.3 is 0 Å². The second-order valence-electron chi connectivity index (χ2n) is 5.29. The maximum absolute atomic E-state index is 3.21. The Morgan fingerprint density at radius 1 is 1.00 bits per heavy atom. The fourth-order valence-corrected chi connectivity index (χ4v) is 2.72. The molecule has 0 aromatic rings. The Kier molecular flexibility index (Phi) is 7.87. The molecule has 1 N–H and O–H groups in total. The molecule has 0 heterocycles. The third kappa shape index (κ3) is 5.86. The van der Waals surface area contributed by atoms with Gasteiger partial charge in [-0.2, -0.15) is 0 Å². The van der Waals surface area contributed by atoms with Gasteiger partial charge in [0.05, 0.1) is 0 Å². The first kappa shape index (κ1) is 14.0. The minimum absolute atomic E-state index is 0.894. The van der Waals surface area contributed by atoms with Gasteiger partial charge < -0.3 is 10.2 Å². The highest BCUT2D eigenvalue weighted by Gasteiger charge is 2.16. The van der Waals surface area contributed by atoms with Crippen molar-refractivity contribution in [1.82, 2.24) is 10.2 Å². The zero-order valence-corrected chi connectivity index (χ0v) is 11.3. The number of nitrogens with zero attached hydrogens (tertiary/aromatic N) is 1. The minimum Gasteiger partial charge on any atom is -0.320 e. The van der Waals surface area contributed by atoms with Crippen LogP contribution in [0.15, 0.2) is 0 Å². The molecule has 2 nitrogen and oxygen atoms in total. The van der Waals surface area contributed by atoms with Crippen LogP contribution in [0.25, 0.3) is 0 Å². The molecule has 0 saturated heterocycles. The quantitative estimate of drug-likeness (QED) is 0.640. The van der Waals surface area contributed by atoms with Crippen LogP contribution in [0, 0.1) is 0 Å². The lowest BCUT2D eigenvalue weighted by atomic mass is 9.94. The van der Waals surface area contributed by atoms with Crippen molar-refractivity contribution in [2.75, 3.05) is 27.2 Å². The maximum atomic E-state index is 3.21. The molecule has 0 amide bonds. The molecule has 16 heavy (non-hydrogen) atoms. The number of hydrogen-bond acceptors (Lipinski definition) is 2. The Morgan fingerprint density at radius 3 is 2.38 bits per heavy atom. The molecule has 0 aromatic heterocycles. The van der Waals surface area contributed by atoms with Crippen LogP contribution in [0.4, 0.5) is 0 Å². The van der Waals surface area contributed by atoms with Gasteiger partial charge in [0.25, 0.3) is 0 Å². The highest BCUT2D eigenvalue weighted by atomic mass is 15.1. The fourth-order valence-electron chi connectivity index (χ4n) is 2.72. The summed E-state index contributed by atoms with van der Waals surface area (Å²) in [5.41, 5.74) is 0. The van der Waals surface area contributed by atoms with Crippen molar-refractivity contribution in [2.24, 2.45) is 0 Å². The van der Waals surface area contributed by atoms with Gasteiger partial charge in [-0.3, -0.25) is 0 Å². The van der Waals surface area contributed by atoms with Gasteiger partial charge in [0.1, 0.15) is 0 Å². The van der Waals surface area contributed by atoms with Crippen LogP contribution in [-0.4, -0.2) is 38.1 Å². The first-order chi connectivity index (χ1) is 7.84. The third-order valence-corrected chi connectivity index (χ3v) is 3.89. The SMILES string of the molecule is CNCCCCCCN(C)C1CCCCC1. The van der Waals surface area contributed by atoms with Crippen LogP contribution in [-0.2, 0) is 0 Å². The molecule has 0 radical (unpaired) electrons. The van der Waals surface area contributed by atoms with Gasteiger partial charge in [-0.05, 0) is 52.9 Å². The first-order valence-electron chi connectivity index (χ1n) is 7.19. The first-order valence-corrected chi connectivity index (χ1v) is 7.19. The maximum Gasteiger partial charge on any atom is 0.00922 e. The monoisotopic (exact) mass is 226 g/mol. The Bertz CT molecular complexity index is 153. The molecule has 1 fully saturated rings. The summed E-state index contributed by atoms with van der Waals surface area (Å²) < 4.78 is 0. The highest BCUT2D eigenvalue weighted by Crippen LogP contribution is 2.21. The predicted octanol–water partition coefficient (Wildman–Crippen LogP) is 3.03. The molecule has 0 aromatic carbocycles. The second kappa shape index (κ2) is 9.00. The van der Waals surface area contributed by atoms with E-state index in [0.717, 1.165) is 6.04 Å². The highest BCUT2D eigenvalue weighted by molar-refractivity contribution is 4.73. The van der Waals surface area contributed by atoms with E-state index in [1.807, 2.05) is 7.05 Å². The number of nitrogens with one attached hydrogen (secondary N) is 1. The summed E-state index contributed by atoms with van der Waals surface area (Å²) >= 11 is 0. The van der Waals surface area contributed by atoms with Crippen molar-refractivity contribution in [1.29, 1.82) is 0 Å². The lowest BCUT2D eigenvalue weighted by molar-refractivity contribution is 0.188. The van der Waals surface area contributed by atoms with E-state index < -0.39 is 0 Å². The zero-order valence-electron chi connectivity index (χ0n) is 11.3. The molecule has 0 spiro atoms. The summed E-state index contributed by atoms with van der Waals surface area (Å²) in [6.45, 7) is 2.49. The van der Waals surface area contributed by atoms with Crippen molar-refractivity contribution in [3.8, 4) is 0 Å². The summed E-state index contributed by atoms with van der Waals surface area (Å²) in [6, 6.07) is 0.894. The van der Waals surface area contributed by atoms with Gasteiger partial charge in [0, 0.05) is 6.04 Å². The Balaban J connectivity index is 1.94. The van der Waals surface area contributed by atoms with Crippen LogP contribution >= 0.6 is 0 Å². The Morgan fingerprint density at radius 2 is 1.69 bits per heavy atom. The second-order valence-corrected chi connectivity index (χ2v) is 5.29. The number of hydrogen-bond donors (Lipinski definition) is 1. The molecule has 2 heteroatoms. The molecule has 1 saturated carbocycles. The van der Waals surface area contributed by atoms with E-state index in [-0.39, 0.29) is 0 Å². The zero-order chi connectivity index (χ0) is 11.6. The molecule has 1 aliphatic carbocycles. The van der Waals surface area contributed by atoms with Crippen LogP contribution in [0.1, 0.15) is 57.8 Å². The average Bonchev–Trinajstić information content (AvgIpc) is 2.34. The molecule has 96 valence electrons. The molecule has 0 bridgehead atoms. The van der Waals surface area contributed by atoms with Crippen LogP contribution < -0.4 is 5.32 Å². The lowest BCUT2D eigenvalue weighted by Crippen LogP contribution is -2.34. The number of rotatable bonds is 8. The van der Waals surface area contributed by atoms with Crippen LogP contribution in [0.3, 0.4) is 0 Å². The van der Waals surface area contributed by atoms with Crippen molar-refractivity contribution in [3.63, 3.8) is 0 Å². The predicted molar refractivity (Wildman–Crippen MR) is 71.9 cm³/mol. The Labute approximate surface area is 102 Å².